The van der Waals surface area contributed by atoms with E-state index in [1.807, 2.05) is 0 Å². The van der Waals surface area contributed by atoms with Crippen LogP contribution in [0.15, 0.2) is 0 Å². The summed E-state index contributed by atoms with van der Waals surface area (Å²) < 4.78 is 65.1. The number of ether oxygens (including phenoxy) is 1. The summed E-state index contributed by atoms with van der Waals surface area (Å²) in [7, 11) is 0. The number of carbonyl (C=O) groups excluding carboxylic acids is 1. The van der Waals surface area contributed by atoms with Crippen LogP contribution >= 0.6 is 11.8 Å². The van der Waals surface area contributed by atoms with Crippen LogP contribution < -0.4 is 0 Å². The SMILES string of the molecule is CCOC(=O)CSCCCCCC(F)(F)C(F)(F)F. The second kappa shape index (κ2) is 8.60. The highest BCUT2D eigenvalue weighted by atomic mass is 32.2. The molecule has 8 heteroatoms. The molecule has 0 aromatic carbocycles. The Morgan fingerprint density at radius 1 is 1.11 bits per heavy atom. The smallest absolute Gasteiger partial charge is 0.453 e. The maximum Gasteiger partial charge on any atom is 0.453 e. The summed E-state index contributed by atoms with van der Waals surface area (Å²) in [6.45, 7) is 1.98. The summed E-state index contributed by atoms with van der Waals surface area (Å²) in [6.07, 6.45) is -6.06. The first kappa shape index (κ1) is 18.5. The molecule has 0 saturated heterocycles. The van der Waals surface area contributed by atoms with E-state index >= 15 is 0 Å². The molecule has 2 nitrogen and oxygen atoms in total. The molecule has 0 aliphatic rings. The molecule has 0 spiro atoms. The quantitative estimate of drug-likeness (QED) is 0.365. The summed E-state index contributed by atoms with van der Waals surface area (Å²) in [4.78, 5) is 10.9. The average Bonchev–Trinajstić information content (AvgIpc) is 2.26. The molecule has 0 fully saturated rings. The highest BCUT2D eigenvalue weighted by molar-refractivity contribution is 7.99. The normalized spacial score (nSPS) is 12.5. The highest BCUT2D eigenvalue weighted by Gasteiger charge is 2.56. The Labute approximate surface area is 113 Å². The van der Waals surface area contributed by atoms with E-state index in [-0.39, 0.29) is 24.6 Å². The summed E-state index contributed by atoms with van der Waals surface area (Å²) in [5, 5.41) is 0. The van der Waals surface area contributed by atoms with Crippen molar-refractivity contribution in [3.8, 4) is 0 Å². The van der Waals surface area contributed by atoms with E-state index < -0.39 is 18.5 Å². The minimum Gasteiger partial charge on any atom is -0.465 e. The molecular formula is C11H17F5O2S. The molecule has 0 bridgehead atoms. The zero-order chi connectivity index (χ0) is 14.9. The van der Waals surface area contributed by atoms with E-state index in [1.54, 1.807) is 6.92 Å². The number of rotatable bonds is 9. The van der Waals surface area contributed by atoms with Crippen LogP contribution in [0.1, 0.15) is 32.6 Å². The van der Waals surface area contributed by atoms with E-state index in [1.165, 1.54) is 11.8 Å². The number of halogens is 5. The first-order valence-corrected chi connectivity index (χ1v) is 7.04. The van der Waals surface area contributed by atoms with Gasteiger partial charge in [-0.05, 0) is 25.5 Å². The lowest BCUT2D eigenvalue weighted by Crippen LogP contribution is -2.36. The van der Waals surface area contributed by atoms with Crippen molar-refractivity contribution in [3.63, 3.8) is 0 Å². The van der Waals surface area contributed by atoms with Gasteiger partial charge in [-0.3, -0.25) is 4.79 Å². The number of unbranched alkanes of at least 4 members (excludes halogenated alkanes) is 2. The van der Waals surface area contributed by atoms with Crippen molar-refractivity contribution in [2.24, 2.45) is 0 Å². The molecule has 0 amide bonds. The van der Waals surface area contributed by atoms with E-state index in [0.717, 1.165) is 0 Å². The van der Waals surface area contributed by atoms with Crippen LogP contribution in [0.2, 0.25) is 0 Å². The molecule has 0 aliphatic heterocycles. The van der Waals surface area contributed by atoms with Crippen LogP contribution in [0.3, 0.4) is 0 Å². The lowest BCUT2D eigenvalue weighted by molar-refractivity contribution is -0.284. The number of esters is 1. The summed E-state index contributed by atoms with van der Waals surface area (Å²) in [5.74, 6) is -4.25. The molecular weight excluding hydrogens is 291 g/mol. The Morgan fingerprint density at radius 2 is 1.74 bits per heavy atom. The van der Waals surface area contributed by atoms with E-state index in [9.17, 15) is 26.7 Å². The number of hydrogen-bond acceptors (Lipinski definition) is 3. The highest BCUT2D eigenvalue weighted by Crippen LogP contribution is 2.39. The van der Waals surface area contributed by atoms with Crippen molar-refractivity contribution in [2.75, 3.05) is 18.1 Å². The molecule has 0 unspecified atom stereocenters. The Hall–Kier alpha value is -0.530. The molecule has 0 rings (SSSR count). The first-order chi connectivity index (χ1) is 8.70. The van der Waals surface area contributed by atoms with Crippen molar-refractivity contribution in [1.82, 2.24) is 0 Å². The average molecular weight is 308 g/mol. The molecule has 19 heavy (non-hydrogen) atoms. The van der Waals surface area contributed by atoms with E-state index in [4.69, 9.17) is 0 Å². The van der Waals surface area contributed by atoms with Crippen LogP contribution in [0.25, 0.3) is 0 Å². The number of alkyl halides is 5. The molecule has 0 saturated carbocycles. The largest absolute Gasteiger partial charge is 0.465 e. The predicted octanol–water partition coefficient (Wildman–Crippen LogP) is 4.04. The van der Waals surface area contributed by atoms with Crippen molar-refractivity contribution < 1.29 is 31.5 Å². The molecule has 0 radical (unpaired) electrons. The molecule has 0 N–H and O–H groups in total. The number of hydrogen-bond donors (Lipinski definition) is 0. The molecule has 114 valence electrons. The Kier molecular flexibility index (Phi) is 8.36. The minimum atomic E-state index is -5.47. The third-order valence-electron chi connectivity index (χ3n) is 2.22. The van der Waals surface area contributed by atoms with Crippen molar-refractivity contribution in [2.45, 2.75) is 44.7 Å². The fraction of sp³-hybridized carbons (Fsp3) is 0.909. The van der Waals surface area contributed by atoms with Gasteiger partial charge in [-0.2, -0.15) is 33.7 Å². The maximum atomic E-state index is 12.5. The molecule has 0 aromatic rings. The van der Waals surface area contributed by atoms with Gasteiger partial charge < -0.3 is 4.74 Å². The summed E-state index contributed by atoms with van der Waals surface area (Å²) >= 11 is 1.28. The van der Waals surface area contributed by atoms with E-state index in [2.05, 4.69) is 4.74 Å². The molecule has 0 heterocycles. The van der Waals surface area contributed by atoms with Gasteiger partial charge in [0.05, 0.1) is 12.4 Å². The van der Waals surface area contributed by atoms with Gasteiger partial charge in [0, 0.05) is 6.42 Å². The fourth-order valence-electron chi connectivity index (χ4n) is 1.23. The predicted molar refractivity (Wildman–Crippen MR) is 63.4 cm³/mol. The Bertz CT molecular complexity index is 268. The second-order valence-electron chi connectivity index (χ2n) is 3.87. The fourth-order valence-corrected chi connectivity index (χ4v) is 2.03. The third-order valence-corrected chi connectivity index (χ3v) is 3.24. The van der Waals surface area contributed by atoms with Gasteiger partial charge in [0.2, 0.25) is 0 Å². The van der Waals surface area contributed by atoms with Gasteiger partial charge in [-0.1, -0.05) is 6.42 Å². The number of carbonyl (C=O) groups is 1. The van der Waals surface area contributed by atoms with Gasteiger partial charge in [0.25, 0.3) is 0 Å². The van der Waals surface area contributed by atoms with Gasteiger partial charge in [0.15, 0.2) is 0 Å². The van der Waals surface area contributed by atoms with Crippen molar-refractivity contribution in [1.29, 1.82) is 0 Å². The van der Waals surface area contributed by atoms with Crippen LogP contribution in [0.4, 0.5) is 22.0 Å². The van der Waals surface area contributed by atoms with Gasteiger partial charge in [0.1, 0.15) is 0 Å². The number of thioether (sulfide) groups is 1. The lowest BCUT2D eigenvalue weighted by Gasteiger charge is -2.19. The van der Waals surface area contributed by atoms with Gasteiger partial charge in [-0.25, -0.2) is 0 Å². The zero-order valence-corrected chi connectivity index (χ0v) is 11.4. The standard InChI is InChI=1S/C11H17F5O2S/c1-2-18-9(17)8-19-7-5-3-4-6-10(12,13)11(14,15)16/h2-8H2,1H3. The molecule has 0 aliphatic carbocycles. The molecule has 0 atom stereocenters. The summed E-state index contributed by atoms with van der Waals surface area (Å²) in [5.41, 5.74) is 0. The van der Waals surface area contributed by atoms with Gasteiger partial charge in [-0.15, -0.1) is 0 Å². The second-order valence-corrected chi connectivity index (χ2v) is 4.98. The van der Waals surface area contributed by atoms with E-state index in [0.29, 0.717) is 18.8 Å². The van der Waals surface area contributed by atoms with Gasteiger partial charge >= 0.3 is 18.1 Å². The lowest BCUT2D eigenvalue weighted by atomic mass is 10.1. The minimum absolute atomic E-state index is 0.173. The summed E-state index contributed by atoms with van der Waals surface area (Å²) in [6, 6.07) is 0. The third kappa shape index (κ3) is 8.28. The maximum absolute atomic E-state index is 12.5. The van der Waals surface area contributed by atoms with Crippen LogP contribution in [-0.2, 0) is 9.53 Å². The molecule has 0 aromatic heterocycles. The van der Waals surface area contributed by atoms with Crippen LogP contribution in [0.5, 0.6) is 0 Å². The van der Waals surface area contributed by atoms with Crippen molar-refractivity contribution >= 4 is 17.7 Å². The van der Waals surface area contributed by atoms with Crippen LogP contribution in [0, 0.1) is 0 Å². The Balaban J connectivity index is 3.54. The van der Waals surface area contributed by atoms with Crippen molar-refractivity contribution in [3.05, 3.63) is 0 Å². The monoisotopic (exact) mass is 308 g/mol. The zero-order valence-electron chi connectivity index (χ0n) is 10.6. The topological polar surface area (TPSA) is 26.3 Å². The first-order valence-electron chi connectivity index (χ1n) is 5.88. The van der Waals surface area contributed by atoms with Crippen LogP contribution in [-0.4, -0.2) is 36.2 Å². The Morgan fingerprint density at radius 3 is 2.26 bits per heavy atom.